The highest BCUT2D eigenvalue weighted by molar-refractivity contribution is 9.09. The number of ketones is 1. The van der Waals surface area contributed by atoms with Crippen molar-refractivity contribution in [1.82, 2.24) is 0 Å². The maximum atomic E-state index is 12.0. The quantitative estimate of drug-likeness (QED) is 0.178. The van der Waals surface area contributed by atoms with Gasteiger partial charge in [-0.2, -0.15) is 0 Å². The van der Waals surface area contributed by atoms with Gasteiger partial charge in [0.1, 0.15) is 37.9 Å². The molecule has 1 unspecified atom stereocenters. The molecule has 0 heterocycles. The Hall–Kier alpha value is -3.00. The highest BCUT2D eigenvalue weighted by Crippen LogP contribution is 2.07. The Morgan fingerprint density at radius 3 is 1.97 bits per heavy atom. The van der Waals surface area contributed by atoms with Crippen LogP contribution in [-0.2, 0) is 46.4 Å². The van der Waals surface area contributed by atoms with E-state index in [4.69, 9.17) is 14.2 Å². The van der Waals surface area contributed by atoms with Crippen LogP contribution in [0.3, 0.4) is 0 Å². The molecule has 0 spiro atoms. The molecule has 0 N–H and O–H groups in total. The summed E-state index contributed by atoms with van der Waals surface area (Å²) in [5.74, 6) is -2.42. The number of carbonyl (C=O) groups excluding carboxylic acids is 4. The summed E-state index contributed by atoms with van der Waals surface area (Å²) in [5.41, 5.74) is 1.82. The molecule has 0 fully saturated rings. The molecule has 2 aromatic rings. The predicted octanol–water partition coefficient (Wildman–Crippen LogP) is 3.56. The van der Waals surface area contributed by atoms with Gasteiger partial charge in [-0.3, -0.25) is 19.2 Å². The SMILES string of the molecule is O=C(CCc1ccccc1)CC(=O)OC(CBr)COC(=O)CC(=O)OCc1ccccc1. The first-order chi connectivity index (χ1) is 15.5. The number of esters is 3. The van der Waals surface area contributed by atoms with Gasteiger partial charge in [-0.05, 0) is 17.5 Å². The molecular weight excluding hydrogens is 480 g/mol. The van der Waals surface area contributed by atoms with Crippen LogP contribution in [0.2, 0.25) is 0 Å². The Bertz CT molecular complexity index is 884. The molecule has 2 aromatic carbocycles. The molecule has 2 rings (SSSR count). The fraction of sp³-hybridized carbons (Fsp3) is 0.333. The number of halogens is 1. The van der Waals surface area contributed by atoms with Crippen LogP contribution in [-0.4, -0.2) is 41.7 Å². The van der Waals surface area contributed by atoms with Crippen LogP contribution in [0.15, 0.2) is 60.7 Å². The van der Waals surface area contributed by atoms with Crippen LogP contribution in [0.5, 0.6) is 0 Å². The zero-order chi connectivity index (χ0) is 23.2. The van der Waals surface area contributed by atoms with E-state index in [0.29, 0.717) is 6.42 Å². The maximum absolute atomic E-state index is 12.0. The van der Waals surface area contributed by atoms with E-state index in [0.717, 1.165) is 11.1 Å². The number of hydrogen-bond donors (Lipinski definition) is 0. The van der Waals surface area contributed by atoms with Gasteiger partial charge in [-0.15, -0.1) is 0 Å². The van der Waals surface area contributed by atoms with Crippen molar-refractivity contribution >= 4 is 39.6 Å². The Morgan fingerprint density at radius 1 is 0.750 bits per heavy atom. The van der Waals surface area contributed by atoms with Gasteiger partial charge in [0.15, 0.2) is 0 Å². The number of alkyl halides is 1. The predicted molar refractivity (Wildman–Crippen MR) is 120 cm³/mol. The second-order valence-electron chi connectivity index (χ2n) is 6.97. The van der Waals surface area contributed by atoms with Crippen LogP contribution in [0, 0.1) is 0 Å². The largest absolute Gasteiger partial charge is 0.461 e. The Balaban J connectivity index is 1.64. The lowest BCUT2D eigenvalue weighted by atomic mass is 10.1. The molecule has 0 saturated carbocycles. The minimum Gasteiger partial charge on any atom is -0.461 e. The van der Waals surface area contributed by atoms with E-state index in [1.807, 2.05) is 48.5 Å². The smallest absolute Gasteiger partial charge is 0.317 e. The lowest BCUT2D eigenvalue weighted by Gasteiger charge is -2.15. The van der Waals surface area contributed by atoms with Gasteiger partial charge >= 0.3 is 17.9 Å². The Labute approximate surface area is 195 Å². The minimum absolute atomic E-state index is 0.0624. The minimum atomic E-state index is -0.788. The summed E-state index contributed by atoms with van der Waals surface area (Å²) in [5, 5.41) is 0.211. The summed E-state index contributed by atoms with van der Waals surface area (Å²) in [7, 11) is 0. The Morgan fingerprint density at radius 2 is 1.34 bits per heavy atom. The van der Waals surface area contributed by atoms with Crippen molar-refractivity contribution in [1.29, 1.82) is 0 Å². The summed E-state index contributed by atoms with van der Waals surface area (Å²) < 4.78 is 15.2. The van der Waals surface area contributed by atoms with Gasteiger partial charge in [0, 0.05) is 11.8 Å². The molecular formula is C24H25BrO7. The van der Waals surface area contributed by atoms with Gasteiger partial charge in [0.05, 0.1) is 0 Å². The van der Waals surface area contributed by atoms with Crippen LogP contribution in [0.1, 0.15) is 30.4 Å². The summed E-state index contributed by atoms with van der Waals surface area (Å²) in [6, 6.07) is 18.6. The number of rotatable bonds is 13. The third-order valence-electron chi connectivity index (χ3n) is 4.31. The van der Waals surface area contributed by atoms with Gasteiger partial charge in [0.25, 0.3) is 0 Å². The van der Waals surface area contributed by atoms with Crippen molar-refractivity contribution in [2.24, 2.45) is 0 Å². The third-order valence-corrected chi connectivity index (χ3v) is 5.03. The fourth-order valence-corrected chi connectivity index (χ4v) is 2.98. The second kappa shape index (κ2) is 14.1. The molecule has 0 aliphatic carbocycles. The topological polar surface area (TPSA) is 96.0 Å². The van der Waals surface area contributed by atoms with Crippen molar-refractivity contribution in [3.63, 3.8) is 0 Å². The summed E-state index contributed by atoms with van der Waals surface area (Å²) in [4.78, 5) is 47.6. The van der Waals surface area contributed by atoms with Crippen molar-refractivity contribution in [3.05, 3.63) is 71.8 Å². The van der Waals surface area contributed by atoms with E-state index < -0.39 is 30.4 Å². The van der Waals surface area contributed by atoms with E-state index in [2.05, 4.69) is 15.9 Å². The van der Waals surface area contributed by atoms with Crippen LogP contribution in [0.25, 0.3) is 0 Å². The maximum Gasteiger partial charge on any atom is 0.317 e. The molecule has 7 nitrogen and oxygen atoms in total. The number of ether oxygens (including phenoxy) is 3. The summed E-state index contributed by atoms with van der Waals surface area (Å²) in [6.45, 7) is -0.174. The fourth-order valence-electron chi connectivity index (χ4n) is 2.66. The monoisotopic (exact) mass is 504 g/mol. The number of aryl methyl sites for hydroxylation is 1. The van der Waals surface area contributed by atoms with E-state index in [9.17, 15) is 19.2 Å². The first kappa shape index (κ1) is 25.3. The average molecular weight is 505 g/mol. The highest BCUT2D eigenvalue weighted by Gasteiger charge is 2.20. The van der Waals surface area contributed by atoms with E-state index >= 15 is 0 Å². The summed E-state index contributed by atoms with van der Waals surface area (Å²) >= 11 is 3.18. The number of carbonyl (C=O) groups is 4. The number of Topliss-reactive ketones (excluding diaryl/α,β-unsaturated/α-hetero) is 1. The van der Waals surface area contributed by atoms with E-state index in [1.54, 1.807) is 12.1 Å². The number of hydrogen-bond acceptors (Lipinski definition) is 7. The van der Waals surface area contributed by atoms with Crippen LogP contribution < -0.4 is 0 Å². The van der Waals surface area contributed by atoms with Crippen LogP contribution in [0.4, 0.5) is 0 Å². The zero-order valence-electron chi connectivity index (χ0n) is 17.5. The molecule has 0 radical (unpaired) electrons. The zero-order valence-corrected chi connectivity index (χ0v) is 19.1. The van der Waals surface area contributed by atoms with Gasteiger partial charge < -0.3 is 14.2 Å². The van der Waals surface area contributed by atoms with Crippen molar-refractivity contribution in [2.75, 3.05) is 11.9 Å². The molecule has 0 amide bonds. The molecule has 0 aliphatic rings. The van der Waals surface area contributed by atoms with Crippen molar-refractivity contribution in [2.45, 2.75) is 38.4 Å². The second-order valence-corrected chi connectivity index (χ2v) is 7.62. The molecule has 0 aliphatic heterocycles. The first-order valence-corrected chi connectivity index (χ1v) is 11.2. The van der Waals surface area contributed by atoms with Gasteiger partial charge in [0.2, 0.25) is 0 Å². The van der Waals surface area contributed by atoms with Crippen molar-refractivity contribution in [3.8, 4) is 0 Å². The molecule has 8 heteroatoms. The van der Waals surface area contributed by atoms with Gasteiger partial charge in [-0.1, -0.05) is 76.6 Å². The van der Waals surface area contributed by atoms with E-state index in [-0.39, 0.29) is 37.2 Å². The normalized spacial score (nSPS) is 11.3. The van der Waals surface area contributed by atoms with Crippen molar-refractivity contribution < 1.29 is 33.4 Å². The standard InChI is InChI=1S/C24H25BrO7/c25-15-21(32-24(29)13-20(26)12-11-18-7-3-1-4-8-18)17-31-23(28)14-22(27)30-16-19-9-5-2-6-10-19/h1-10,21H,11-17H2. The lowest BCUT2D eigenvalue weighted by Crippen LogP contribution is -2.28. The third kappa shape index (κ3) is 10.3. The number of benzene rings is 2. The molecule has 32 heavy (non-hydrogen) atoms. The molecule has 0 aromatic heterocycles. The molecule has 170 valence electrons. The van der Waals surface area contributed by atoms with Crippen LogP contribution >= 0.6 is 15.9 Å². The molecule has 0 saturated heterocycles. The highest BCUT2D eigenvalue weighted by atomic mass is 79.9. The molecule has 0 bridgehead atoms. The lowest BCUT2D eigenvalue weighted by molar-refractivity contribution is -0.162. The summed E-state index contributed by atoms with van der Waals surface area (Å²) in [6.07, 6.45) is -0.886. The molecule has 1 atom stereocenters. The van der Waals surface area contributed by atoms with E-state index in [1.165, 1.54) is 0 Å². The van der Waals surface area contributed by atoms with Gasteiger partial charge in [-0.25, -0.2) is 0 Å². The Kier molecular flexibility index (Phi) is 11.2. The average Bonchev–Trinajstić information content (AvgIpc) is 2.80. The first-order valence-electron chi connectivity index (χ1n) is 10.1.